The molecule has 4 nitrogen and oxygen atoms in total. The average molecular weight is 324 g/mol. The smallest absolute Gasteiger partial charge is 0.201 e. The molecule has 0 saturated heterocycles. The Morgan fingerprint density at radius 3 is 2.79 bits per heavy atom. The Morgan fingerprint density at radius 1 is 1.37 bits per heavy atom. The van der Waals surface area contributed by atoms with Crippen LogP contribution in [-0.2, 0) is 7.05 Å². The number of aryl methyl sites for hydroxylation is 1. The standard InChI is InChI=1S/C14H14BrNO3/c1-16-7-6-10(8-16)12(17)9-19-14-11(15)4-3-5-13(14)18-2/h3-8H,9H2,1-2H3. The van der Waals surface area contributed by atoms with Crippen LogP contribution >= 0.6 is 15.9 Å². The van der Waals surface area contributed by atoms with Crippen LogP contribution in [0.1, 0.15) is 10.4 Å². The zero-order valence-electron chi connectivity index (χ0n) is 10.7. The van der Waals surface area contributed by atoms with Gasteiger partial charge < -0.3 is 14.0 Å². The van der Waals surface area contributed by atoms with Gasteiger partial charge in [-0.25, -0.2) is 0 Å². The first-order valence-electron chi connectivity index (χ1n) is 5.72. The van der Waals surface area contributed by atoms with Gasteiger partial charge in [0.25, 0.3) is 0 Å². The van der Waals surface area contributed by atoms with E-state index in [1.54, 1.807) is 25.4 Å². The second-order valence-corrected chi connectivity index (χ2v) is 4.90. The first kappa shape index (κ1) is 13.7. The van der Waals surface area contributed by atoms with Crippen LogP contribution in [0, 0.1) is 0 Å². The minimum Gasteiger partial charge on any atom is -0.493 e. The molecule has 0 amide bonds. The minimum absolute atomic E-state index is 0.0248. The third-order valence-electron chi connectivity index (χ3n) is 2.65. The van der Waals surface area contributed by atoms with Crippen LogP contribution in [0.25, 0.3) is 0 Å². The van der Waals surface area contributed by atoms with Crippen LogP contribution in [-0.4, -0.2) is 24.1 Å². The van der Waals surface area contributed by atoms with Gasteiger partial charge in [-0.15, -0.1) is 0 Å². The fraction of sp³-hybridized carbons (Fsp3) is 0.214. The fourth-order valence-corrected chi connectivity index (χ4v) is 2.14. The van der Waals surface area contributed by atoms with Crippen molar-refractivity contribution in [2.24, 2.45) is 7.05 Å². The quantitative estimate of drug-likeness (QED) is 0.794. The summed E-state index contributed by atoms with van der Waals surface area (Å²) in [6, 6.07) is 7.23. The summed E-state index contributed by atoms with van der Waals surface area (Å²) < 4.78 is 13.3. The van der Waals surface area contributed by atoms with Gasteiger partial charge in [-0.2, -0.15) is 0 Å². The number of ether oxygens (including phenoxy) is 2. The first-order valence-corrected chi connectivity index (χ1v) is 6.51. The maximum absolute atomic E-state index is 11.9. The first-order chi connectivity index (χ1) is 9.11. The van der Waals surface area contributed by atoms with Crippen LogP contribution < -0.4 is 9.47 Å². The van der Waals surface area contributed by atoms with Gasteiger partial charge >= 0.3 is 0 Å². The predicted octanol–water partition coefficient (Wildman–Crippen LogP) is 3.06. The lowest BCUT2D eigenvalue weighted by molar-refractivity contribution is 0.0919. The molecule has 0 bridgehead atoms. The Kier molecular flexibility index (Phi) is 4.27. The lowest BCUT2D eigenvalue weighted by Crippen LogP contribution is -2.11. The van der Waals surface area contributed by atoms with Gasteiger partial charge in [-0.3, -0.25) is 4.79 Å². The number of ketones is 1. The van der Waals surface area contributed by atoms with E-state index in [1.165, 1.54) is 0 Å². The van der Waals surface area contributed by atoms with Gasteiger partial charge in [-0.05, 0) is 34.1 Å². The molecule has 0 spiro atoms. The Labute approximate surface area is 120 Å². The van der Waals surface area contributed by atoms with Crippen molar-refractivity contribution in [3.8, 4) is 11.5 Å². The molecule has 0 aliphatic heterocycles. The second-order valence-electron chi connectivity index (χ2n) is 4.05. The zero-order chi connectivity index (χ0) is 13.8. The highest BCUT2D eigenvalue weighted by molar-refractivity contribution is 9.10. The van der Waals surface area contributed by atoms with Crippen molar-refractivity contribution in [1.29, 1.82) is 0 Å². The van der Waals surface area contributed by atoms with Gasteiger partial charge in [0.1, 0.15) is 0 Å². The molecule has 19 heavy (non-hydrogen) atoms. The SMILES string of the molecule is COc1cccc(Br)c1OCC(=O)c1ccn(C)c1. The van der Waals surface area contributed by atoms with E-state index in [0.717, 1.165) is 4.47 Å². The molecule has 0 unspecified atom stereocenters. The zero-order valence-corrected chi connectivity index (χ0v) is 12.3. The lowest BCUT2D eigenvalue weighted by atomic mass is 10.2. The topological polar surface area (TPSA) is 40.5 Å². The highest BCUT2D eigenvalue weighted by Crippen LogP contribution is 2.34. The molecular weight excluding hydrogens is 310 g/mol. The van der Waals surface area contributed by atoms with Crippen LogP contribution in [0.5, 0.6) is 11.5 Å². The largest absolute Gasteiger partial charge is 0.493 e. The molecule has 2 aromatic rings. The number of Topliss-reactive ketones (excluding diaryl/α,β-unsaturated/α-hetero) is 1. The van der Waals surface area contributed by atoms with Crippen LogP contribution in [0.15, 0.2) is 41.1 Å². The lowest BCUT2D eigenvalue weighted by Gasteiger charge is -2.11. The molecule has 0 radical (unpaired) electrons. The van der Waals surface area contributed by atoms with E-state index >= 15 is 0 Å². The number of rotatable bonds is 5. The fourth-order valence-electron chi connectivity index (χ4n) is 1.68. The number of para-hydroxylation sites is 1. The summed E-state index contributed by atoms with van der Waals surface area (Å²) in [4.78, 5) is 11.9. The van der Waals surface area contributed by atoms with Gasteiger partial charge in [0, 0.05) is 25.0 Å². The molecule has 0 fully saturated rings. The number of aromatic nitrogens is 1. The van der Waals surface area contributed by atoms with Gasteiger partial charge in [0.05, 0.1) is 11.6 Å². The molecular formula is C14H14BrNO3. The Bertz CT molecular complexity index is 592. The second kappa shape index (κ2) is 5.93. The van der Waals surface area contributed by atoms with Crippen molar-refractivity contribution < 1.29 is 14.3 Å². The van der Waals surface area contributed by atoms with Crippen molar-refractivity contribution >= 4 is 21.7 Å². The molecule has 0 saturated carbocycles. The van der Waals surface area contributed by atoms with E-state index in [0.29, 0.717) is 17.1 Å². The predicted molar refractivity (Wildman–Crippen MR) is 75.9 cm³/mol. The van der Waals surface area contributed by atoms with Crippen molar-refractivity contribution in [3.63, 3.8) is 0 Å². The molecule has 0 aliphatic carbocycles. The van der Waals surface area contributed by atoms with Crippen molar-refractivity contribution in [2.45, 2.75) is 0 Å². The van der Waals surface area contributed by atoms with Crippen molar-refractivity contribution in [1.82, 2.24) is 4.57 Å². The Balaban J connectivity index is 2.09. The summed E-state index contributed by atoms with van der Waals surface area (Å²) in [6.07, 6.45) is 3.59. The Morgan fingerprint density at radius 2 is 2.16 bits per heavy atom. The maximum atomic E-state index is 11.9. The molecule has 0 atom stereocenters. The summed E-state index contributed by atoms with van der Waals surface area (Å²) in [5.74, 6) is 1.06. The number of carbonyl (C=O) groups is 1. The summed E-state index contributed by atoms with van der Waals surface area (Å²) in [7, 11) is 3.43. The van der Waals surface area contributed by atoms with Gasteiger partial charge in [0.2, 0.25) is 5.78 Å². The number of hydrogen-bond acceptors (Lipinski definition) is 3. The number of methoxy groups -OCH3 is 1. The molecule has 0 aliphatic rings. The summed E-state index contributed by atoms with van der Waals surface area (Å²) in [6.45, 7) is -0.0248. The summed E-state index contributed by atoms with van der Waals surface area (Å²) in [5.41, 5.74) is 0.633. The Hall–Kier alpha value is -1.75. The molecule has 1 aromatic heterocycles. The van der Waals surface area contributed by atoms with Gasteiger partial charge in [-0.1, -0.05) is 6.07 Å². The van der Waals surface area contributed by atoms with Crippen molar-refractivity contribution in [2.75, 3.05) is 13.7 Å². The van der Waals surface area contributed by atoms with E-state index < -0.39 is 0 Å². The van der Waals surface area contributed by atoms with Crippen LogP contribution in [0.2, 0.25) is 0 Å². The highest BCUT2D eigenvalue weighted by Gasteiger charge is 2.12. The maximum Gasteiger partial charge on any atom is 0.201 e. The third kappa shape index (κ3) is 3.17. The normalized spacial score (nSPS) is 10.3. The highest BCUT2D eigenvalue weighted by atomic mass is 79.9. The van der Waals surface area contributed by atoms with E-state index in [1.807, 2.05) is 29.9 Å². The molecule has 1 heterocycles. The van der Waals surface area contributed by atoms with E-state index in [-0.39, 0.29) is 12.4 Å². The summed E-state index contributed by atoms with van der Waals surface area (Å²) in [5, 5.41) is 0. The molecule has 0 N–H and O–H groups in total. The monoisotopic (exact) mass is 323 g/mol. The van der Waals surface area contributed by atoms with E-state index in [2.05, 4.69) is 15.9 Å². The van der Waals surface area contributed by atoms with E-state index in [9.17, 15) is 4.79 Å². The number of hydrogen-bond donors (Lipinski definition) is 0. The molecule has 1 aromatic carbocycles. The van der Waals surface area contributed by atoms with E-state index in [4.69, 9.17) is 9.47 Å². The number of halogens is 1. The summed E-state index contributed by atoms with van der Waals surface area (Å²) >= 11 is 3.38. The van der Waals surface area contributed by atoms with Crippen LogP contribution in [0.4, 0.5) is 0 Å². The molecule has 2 rings (SSSR count). The van der Waals surface area contributed by atoms with Crippen molar-refractivity contribution in [3.05, 3.63) is 46.7 Å². The number of nitrogens with zero attached hydrogens (tertiary/aromatic N) is 1. The van der Waals surface area contributed by atoms with Gasteiger partial charge in [0.15, 0.2) is 18.1 Å². The number of carbonyl (C=O) groups excluding carboxylic acids is 1. The minimum atomic E-state index is -0.0709. The molecule has 100 valence electrons. The van der Waals surface area contributed by atoms with Crippen LogP contribution in [0.3, 0.4) is 0 Å². The average Bonchev–Trinajstić information content (AvgIpc) is 2.83. The number of benzene rings is 1. The third-order valence-corrected chi connectivity index (χ3v) is 3.28. The molecule has 5 heteroatoms.